The second kappa shape index (κ2) is 15.1. The van der Waals surface area contributed by atoms with Crippen molar-refractivity contribution in [3.63, 3.8) is 0 Å². The summed E-state index contributed by atoms with van der Waals surface area (Å²) in [4.78, 5) is 41.6. The van der Waals surface area contributed by atoms with E-state index in [0.29, 0.717) is 0 Å². The highest BCUT2D eigenvalue weighted by Gasteiger charge is 2.10. The summed E-state index contributed by atoms with van der Waals surface area (Å²) in [6.07, 6.45) is 5.82. The molecule has 0 saturated heterocycles. The lowest BCUT2D eigenvalue weighted by Crippen LogP contribution is -2.12. The normalized spacial score (nSPS) is 9.36. The summed E-state index contributed by atoms with van der Waals surface area (Å²) in [6.45, 7) is 9.55. The van der Waals surface area contributed by atoms with Gasteiger partial charge in [-0.05, 0) is 26.7 Å². The third kappa shape index (κ3) is 19.5. The van der Waals surface area contributed by atoms with Gasteiger partial charge in [0, 0.05) is 24.0 Å². The molecule has 25 heavy (non-hydrogen) atoms. The van der Waals surface area contributed by atoms with Crippen molar-refractivity contribution < 1.29 is 34.1 Å². The fourth-order valence-electron chi connectivity index (χ4n) is 1.52. The largest absolute Gasteiger partial charge is 0.481 e. The SMILES string of the molecule is C=C(C)C(=O)OC(=O)C(=C)C.O=C(O)CCCCCCCCC(=O)O. The highest BCUT2D eigenvalue weighted by Crippen LogP contribution is 2.08. The van der Waals surface area contributed by atoms with Gasteiger partial charge >= 0.3 is 23.9 Å². The zero-order valence-corrected chi connectivity index (χ0v) is 15.0. The van der Waals surface area contributed by atoms with Gasteiger partial charge in [-0.3, -0.25) is 9.59 Å². The fourth-order valence-corrected chi connectivity index (χ4v) is 1.52. The molecule has 0 radical (unpaired) electrons. The molecular formula is C18H28O7. The second-order valence-corrected chi connectivity index (χ2v) is 5.65. The zero-order chi connectivity index (χ0) is 19.8. The van der Waals surface area contributed by atoms with Crippen LogP contribution in [0.25, 0.3) is 0 Å². The van der Waals surface area contributed by atoms with Crippen LogP contribution >= 0.6 is 0 Å². The van der Waals surface area contributed by atoms with Gasteiger partial charge in [0.2, 0.25) is 0 Å². The standard InChI is InChI=1S/C10H18O4.C8H10O3/c11-9(12)7-5-3-1-2-4-6-8-10(13)14;1-5(2)7(9)11-8(10)6(3)4/h1-8H2,(H,11,12)(H,13,14);1,3H2,2,4H3. The summed E-state index contributed by atoms with van der Waals surface area (Å²) in [5, 5.41) is 16.7. The van der Waals surface area contributed by atoms with Crippen molar-refractivity contribution in [2.75, 3.05) is 0 Å². The van der Waals surface area contributed by atoms with Gasteiger partial charge in [-0.1, -0.05) is 38.8 Å². The number of carbonyl (C=O) groups excluding carboxylic acids is 2. The molecule has 0 amide bonds. The van der Waals surface area contributed by atoms with Gasteiger partial charge in [0.15, 0.2) is 0 Å². The maximum absolute atomic E-state index is 10.7. The maximum atomic E-state index is 10.7. The molecular weight excluding hydrogens is 328 g/mol. The molecule has 0 unspecified atom stereocenters. The first-order chi connectivity index (χ1) is 11.6. The predicted molar refractivity (Wildman–Crippen MR) is 92.9 cm³/mol. The molecule has 0 aliphatic rings. The summed E-state index contributed by atoms with van der Waals surface area (Å²) in [6, 6.07) is 0. The third-order valence-electron chi connectivity index (χ3n) is 2.91. The van der Waals surface area contributed by atoms with Crippen LogP contribution in [0, 0.1) is 0 Å². The first kappa shape index (κ1) is 24.8. The van der Waals surface area contributed by atoms with Crippen LogP contribution in [-0.2, 0) is 23.9 Å². The number of aliphatic carboxylic acids is 2. The Morgan fingerprint density at radius 1 is 0.680 bits per heavy atom. The molecule has 0 aliphatic heterocycles. The number of carboxylic acids is 2. The van der Waals surface area contributed by atoms with E-state index in [4.69, 9.17) is 10.2 Å². The molecule has 7 nitrogen and oxygen atoms in total. The fraction of sp³-hybridized carbons (Fsp3) is 0.556. The molecule has 0 aliphatic carbocycles. The van der Waals surface area contributed by atoms with E-state index in [9.17, 15) is 19.2 Å². The van der Waals surface area contributed by atoms with E-state index in [-0.39, 0.29) is 24.0 Å². The van der Waals surface area contributed by atoms with Gasteiger partial charge in [-0.15, -0.1) is 0 Å². The smallest absolute Gasteiger partial charge is 0.340 e. The highest BCUT2D eigenvalue weighted by atomic mass is 16.6. The number of carbonyl (C=O) groups is 4. The van der Waals surface area contributed by atoms with Gasteiger partial charge < -0.3 is 14.9 Å². The van der Waals surface area contributed by atoms with Crippen LogP contribution in [-0.4, -0.2) is 34.1 Å². The molecule has 0 heterocycles. The number of rotatable bonds is 11. The highest BCUT2D eigenvalue weighted by molar-refractivity contribution is 6.00. The van der Waals surface area contributed by atoms with Crippen LogP contribution in [0.1, 0.15) is 65.2 Å². The Bertz CT molecular complexity index is 448. The minimum absolute atomic E-state index is 0.194. The summed E-state index contributed by atoms with van der Waals surface area (Å²) < 4.78 is 4.30. The average Bonchev–Trinajstić information content (AvgIpc) is 2.49. The molecule has 0 rings (SSSR count). The van der Waals surface area contributed by atoms with Crippen molar-refractivity contribution >= 4 is 23.9 Å². The van der Waals surface area contributed by atoms with E-state index in [1.54, 1.807) is 0 Å². The number of esters is 2. The monoisotopic (exact) mass is 356 g/mol. The van der Waals surface area contributed by atoms with Crippen LogP contribution in [0.2, 0.25) is 0 Å². The van der Waals surface area contributed by atoms with Gasteiger partial charge in [-0.25, -0.2) is 9.59 Å². The molecule has 0 aromatic carbocycles. The maximum Gasteiger partial charge on any atom is 0.340 e. The predicted octanol–water partition coefficient (Wildman–Crippen LogP) is 3.48. The molecule has 0 fully saturated rings. The average molecular weight is 356 g/mol. The molecule has 0 bridgehead atoms. The van der Waals surface area contributed by atoms with E-state index in [2.05, 4.69) is 17.9 Å². The lowest BCUT2D eigenvalue weighted by atomic mass is 10.1. The molecule has 142 valence electrons. The third-order valence-corrected chi connectivity index (χ3v) is 2.91. The molecule has 7 heteroatoms. The number of unbranched alkanes of at least 4 members (excludes halogenated alkanes) is 5. The van der Waals surface area contributed by atoms with E-state index in [0.717, 1.165) is 38.5 Å². The Morgan fingerprint density at radius 2 is 0.960 bits per heavy atom. The van der Waals surface area contributed by atoms with Crippen LogP contribution < -0.4 is 0 Å². The second-order valence-electron chi connectivity index (χ2n) is 5.65. The first-order valence-corrected chi connectivity index (χ1v) is 8.09. The first-order valence-electron chi connectivity index (χ1n) is 8.09. The van der Waals surface area contributed by atoms with Gasteiger partial charge in [-0.2, -0.15) is 0 Å². The van der Waals surface area contributed by atoms with Crippen molar-refractivity contribution in [2.24, 2.45) is 0 Å². The van der Waals surface area contributed by atoms with Crippen molar-refractivity contribution in [3.8, 4) is 0 Å². The van der Waals surface area contributed by atoms with Gasteiger partial charge in [0.05, 0.1) is 0 Å². The van der Waals surface area contributed by atoms with Crippen LogP contribution in [0.3, 0.4) is 0 Å². The molecule has 0 atom stereocenters. The molecule has 0 spiro atoms. The lowest BCUT2D eigenvalue weighted by Gasteiger charge is -1.99. The number of hydrogen-bond acceptors (Lipinski definition) is 5. The molecule has 0 saturated carbocycles. The van der Waals surface area contributed by atoms with E-state index in [1.165, 1.54) is 13.8 Å². The molecule has 0 aromatic rings. The van der Waals surface area contributed by atoms with E-state index >= 15 is 0 Å². The summed E-state index contributed by atoms with van der Waals surface area (Å²) >= 11 is 0. The van der Waals surface area contributed by atoms with E-state index in [1.807, 2.05) is 0 Å². The number of ether oxygens (including phenoxy) is 1. The minimum atomic E-state index is -0.740. The summed E-state index contributed by atoms with van der Waals surface area (Å²) in [7, 11) is 0. The molecule has 2 N–H and O–H groups in total. The van der Waals surface area contributed by atoms with Crippen LogP contribution in [0.4, 0.5) is 0 Å². The topological polar surface area (TPSA) is 118 Å². The summed E-state index contributed by atoms with van der Waals surface area (Å²) in [5.74, 6) is -2.90. The Kier molecular flexibility index (Phi) is 15.0. The van der Waals surface area contributed by atoms with Crippen molar-refractivity contribution in [3.05, 3.63) is 24.3 Å². The lowest BCUT2D eigenvalue weighted by molar-refractivity contribution is -0.154. The quantitative estimate of drug-likeness (QED) is 0.252. The zero-order valence-electron chi connectivity index (χ0n) is 15.0. The Balaban J connectivity index is 0. The number of hydrogen-bond donors (Lipinski definition) is 2. The van der Waals surface area contributed by atoms with Crippen LogP contribution in [0.15, 0.2) is 24.3 Å². The van der Waals surface area contributed by atoms with Gasteiger partial charge in [0.1, 0.15) is 0 Å². The Labute approximate surface area is 148 Å². The number of carboxylic acid groups (broad SMARTS) is 2. The van der Waals surface area contributed by atoms with Crippen LogP contribution in [0.5, 0.6) is 0 Å². The Hall–Kier alpha value is -2.44. The minimum Gasteiger partial charge on any atom is -0.481 e. The van der Waals surface area contributed by atoms with Crippen molar-refractivity contribution in [2.45, 2.75) is 65.2 Å². The molecule has 0 aromatic heterocycles. The van der Waals surface area contributed by atoms with Crippen molar-refractivity contribution in [1.82, 2.24) is 0 Å². The van der Waals surface area contributed by atoms with Crippen molar-refractivity contribution in [1.29, 1.82) is 0 Å². The van der Waals surface area contributed by atoms with E-state index < -0.39 is 23.9 Å². The Morgan fingerprint density at radius 3 is 1.20 bits per heavy atom. The summed E-state index contributed by atoms with van der Waals surface area (Å²) in [5.41, 5.74) is 0.388. The van der Waals surface area contributed by atoms with Gasteiger partial charge in [0.25, 0.3) is 0 Å².